The second-order valence-corrected chi connectivity index (χ2v) is 8.75. The molecule has 0 aliphatic rings. The minimum Gasteiger partial charge on any atom is -0.339 e. The van der Waals surface area contributed by atoms with Crippen LogP contribution in [0.3, 0.4) is 0 Å². The molecule has 0 saturated heterocycles. The SMILES string of the molecule is Cc1nc2c(-c3nccn3-c3c(C(C)C)cccc3C(C)C)[c-]ccc2s1.[Ir]. The van der Waals surface area contributed by atoms with Gasteiger partial charge in [-0.1, -0.05) is 51.5 Å². The van der Waals surface area contributed by atoms with Crippen molar-refractivity contribution in [2.24, 2.45) is 0 Å². The van der Waals surface area contributed by atoms with E-state index in [1.54, 1.807) is 11.3 Å². The molecule has 28 heavy (non-hydrogen) atoms. The van der Waals surface area contributed by atoms with E-state index in [4.69, 9.17) is 9.97 Å². The summed E-state index contributed by atoms with van der Waals surface area (Å²) < 4.78 is 3.40. The zero-order chi connectivity index (χ0) is 19.1. The first kappa shape index (κ1) is 20.9. The van der Waals surface area contributed by atoms with Gasteiger partial charge in [0.1, 0.15) is 0 Å². The van der Waals surface area contributed by atoms with Crippen molar-refractivity contribution in [3.63, 3.8) is 0 Å². The van der Waals surface area contributed by atoms with Gasteiger partial charge in [0.15, 0.2) is 0 Å². The number of thiazole rings is 1. The first-order chi connectivity index (χ1) is 13.0. The number of rotatable bonds is 4. The Morgan fingerprint density at radius 3 is 2.36 bits per heavy atom. The van der Waals surface area contributed by atoms with Crippen LogP contribution in [-0.4, -0.2) is 14.5 Å². The van der Waals surface area contributed by atoms with Crippen LogP contribution in [0.2, 0.25) is 0 Å². The van der Waals surface area contributed by atoms with E-state index in [0.717, 1.165) is 21.9 Å². The summed E-state index contributed by atoms with van der Waals surface area (Å²) in [4.78, 5) is 9.47. The monoisotopic (exact) mass is 567 g/mol. The molecule has 2 heterocycles. The Morgan fingerprint density at radius 1 is 1.04 bits per heavy atom. The Bertz CT molecular complexity index is 1080. The van der Waals surface area contributed by atoms with Crippen LogP contribution >= 0.6 is 11.3 Å². The van der Waals surface area contributed by atoms with Crippen LogP contribution in [0.15, 0.2) is 42.7 Å². The van der Waals surface area contributed by atoms with E-state index in [2.05, 4.69) is 68.8 Å². The summed E-state index contributed by atoms with van der Waals surface area (Å²) in [5, 5.41) is 1.06. The van der Waals surface area contributed by atoms with Gasteiger partial charge in [0.05, 0.1) is 10.8 Å². The summed E-state index contributed by atoms with van der Waals surface area (Å²) in [5.74, 6) is 1.76. The van der Waals surface area contributed by atoms with Crippen molar-refractivity contribution in [1.29, 1.82) is 0 Å². The van der Waals surface area contributed by atoms with Gasteiger partial charge in [-0.3, -0.25) is 9.97 Å². The van der Waals surface area contributed by atoms with E-state index >= 15 is 0 Å². The predicted molar refractivity (Wildman–Crippen MR) is 114 cm³/mol. The van der Waals surface area contributed by atoms with Crippen LogP contribution in [-0.2, 0) is 20.1 Å². The Morgan fingerprint density at radius 2 is 1.71 bits per heavy atom. The molecule has 0 aliphatic carbocycles. The van der Waals surface area contributed by atoms with Crippen molar-refractivity contribution in [1.82, 2.24) is 14.5 Å². The fraction of sp³-hybridized carbons (Fsp3) is 0.304. The van der Waals surface area contributed by atoms with Crippen molar-refractivity contribution in [3.8, 4) is 17.1 Å². The first-order valence-corrected chi connectivity index (χ1v) is 10.2. The number of nitrogens with zero attached hydrogens (tertiary/aromatic N) is 3. The van der Waals surface area contributed by atoms with Gasteiger partial charge in [0.2, 0.25) is 0 Å². The molecule has 0 amide bonds. The molecule has 0 N–H and O–H groups in total. The second-order valence-electron chi connectivity index (χ2n) is 7.51. The number of aryl methyl sites for hydroxylation is 1. The molecule has 147 valence electrons. The number of para-hydroxylation sites is 1. The smallest absolute Gasteiger partial charge is 0.0779 e. The summed E-state index contributed by atoms with van der Waals surface area (Å²) in [6.07, 6.45) is 3.94. The van der Waals surface area contributed by atoms with Gasteiger partial charge in [0.25, 0.3) is 0 Å². The topological polar surface area (TPSA) is 30.7 Å². The van der Waals surface area contributed by atoms with Crippen molar-refractivity contribution < 1.29 is 20.1 Å². The molecule has 4 aromatic rings. The third-order valence-corrected chi connectivity index (χ3v) is 5.84. The van der Waals surface area contributed by atoms with Crippen LogP contribution in [0.4, 0.5) is 0 Å². The van der Waals surface area contributed by atoms with Gasteiger partial charge >= 0.3 is 0 Å². The predicted octanol–water partition coefficient (Wildman–Crippen LogP) is 6.50. The standard InChI is InChI=1S/C23H24N3S.Ir/c1-14(2)17-8-6-9-18(15(3)4)22(17)26-13-12-24-23(26)19-10-7-11-20-21(19)25-16(5)27-20;/h6-9,11-15H,1-5H3;/q-1;. The molecule has 0 bridgehead atoms. The number of fused-ring (bicyclic) bond motifs is 1. The molecule has 0 saturated carbocycles. The molecule has 0 aliphatic heterocycles. The Balaban J connectivity index is 0.00000225. The van der Waals surface area contributed by atoms with Crippen molar-refractivity contribution >= 4 is 21.6 Å². The molecule has 0 atom stereocenters. The van der Waals surface area contributed by atoms with Crippen molar-refractivity contribution in [2.45, 2.75) is 46.5 Å². The Kier molecular flexibility index (Phi) is 6.18. The van der Waals surface area contributed by atoms with Crippen LogP contribution in [0.25, 0.3) is 27.3 Å². The molecule has 0 unspecified atom stereocenters. The number of imidazole rings is 1. The molecule has 5 heteroatoms. The van der Waals surface area contributed by atoms with Crippen LogP contribution in [0.1, 0.15) is 55.7 Å². The molecule has 0 fully saturated rings. The first-order valence-electron chi connectivity index (χ1n) is 9.42. The summed E-state index contributed by atoms with van der Waals surface area (Å²) in [5.41, 5.74) is 5.87. The van der Waals surface area contributed by atoms with Crippen LogP contribution in [0, 0.1) is 13.0 Å². The molecular weight excluding hydrogens is 543 g/mol. The Labute approximate surface area is 184 Å². The number of hydrogen-bond acceptors (Lipinski definition) is 3. The maximum absolute atomic E-state index is 4.75. The van der Waals surface area contributed by atoms with Gasteiger partial charge in [-0.15, -0.1) is 29.5 Å². The summed E-state index contributed by atoms with van der Waals surface area (Å²) >= 11 is 1.71. The van der Waals surface area contributed by atoms with E-state index in [1.165, 1.54) is 21.5 Å². The molecule has 4 rings (SSSR count). The van der Waals surface area contributed by atoms with E-state index in [9.17, 15) is 0 Å². The normalized spacial score (nSPS) is 11.4. The average Bonchev–Trinajstić information content (AvgIpc) is 3.25. The molecule has 2 aromatic heterocycles. The summed E-state index contributed by atoms with van der Waals surface area (Å²) in [7, 11) is 0. The van der Waals surface area contributed by atoms with Gasteiger partial charge in [-0.25, -0.2) is 0 Å². The van der Waals surface area contributed by atoms with Gasteiger partial charge < -0.3 is 4.57 Å². The van der Waals surface area contributed by atoms with Gasteiger partial charge in [-0.05, 0) is 34.6 Å². The average molecular weight is 567 g/mol. The summed E-state index contributed by atoms with van der Waals surface area (Å²) in [6, 6.07) is 14.1. The minimum atomic E-state index is 0. The summed E-state index contributed by atoms with van der Waals surface area (Å²) in [6.45, 7) is 11.0. The van der Waals surface area contributed by atoms with Crippen molar-refractivity contribution in [2.75, 3.05) is 0 Å². The fourth-order valence-electron chi connectivity index (χ4n) is 3.63. The zero-order valence-electron chi connectivity index (χ0n) is 16.8. The van der Waals surface area contributed by atoms with E-state index < -0.39 is 0 Å². The minimum absolute atomic E-state index is 0. The quantitative estimate of drug-likeness (QED) is 0.264. The Hall–Kier alpha value is -1.81. The van der Waals surface area contributed by atoms with Crippen molar-refractivity contribution in [3.05, 3.63) is 64.9 Å². The van der Waals surface area contributed by atoms with E-state index in [0.29, 0.717) is 11.8 Å². The van der Waals surface area contributed by atoms with Gasteiger partial charge in [-0.2, -0.15) is 0 Å². The fourth-order valence-corrected chi connectivity index (χ4v) is 4.47. The molecule has 0 spiro atoms. The number of benzene rings is 2. The van der Waals surface area contributed by atoms with Gasteiger partial charge in [0, 0.05) is 43.7 Å². The number of hydrogen-bond donors (Lipinski definition) is 0. The maximum atomic E-state index is 4.75. The van der Waals surface area contributed by atoms with Crippen LogP contribution in [0.5, 0.6) is 0 Å². The third-order valence-electron chi connectivity index (χ3n) is 4.91. The zero-order valence-corrected chi connectivity index (χ0v) is 20.0. The second kappa shape index (κ2) is 8.28. The molecule has 1 radical (unpaired) electrons. The van der Waals surface area contributed by atoms with Crippen LogP contribution < -0.4 is 0 Å². The third kappa shape index (κ3) is 3.59. The molecule has 2 aromatic carbocycles. The largest absolute Gasteiger partial charge is 0.339 e. The molecule has 3 nitrogen and oxygen atoms in total. The molecular formula is C23H24IrN3S-. The van der Waals surface area contributed by atoms with E-state index in [-0.39, 0.29) is 20.1 Å². The van der Waals surface area contributed by atoms with E-state index in [1.807, 2.05) is 19.2 Å². The number of aromatic nitrogens is 3. The maximum Gasteiger partial charge on any atom is 0.0779 e.